The molecule has 0 aromatic heterocycles. The van der Waals surface area contributed by atoms with E-state index in [1.807, 2.05) is 6.92 Å². The number of alkyl halides is 1. The molecule has 0 bridgehead atoms. The Morgan fingerprint density at radius 3 is 1.42 bits per heavy atom. The maximum atomic E-state index is 15.4. The predicted octanol–water partition coefficient (Wildman–Crippen LogP) is 12.0. The first-order chi connectivity index (χ1) is 31.3. The van der Waals surface area contributed by atoms with E-state index in [2.05, 4.69) is 22.6 Å². The van der Waals surface area contributed by atoms with E-state index in [1.165, 1.54) is 60.7 Å². The second-order valence-electron chi connectivity index (χ2n) is 17.2. The minimum absolute atomic E-state index is 0. The van der Waals surface area contributed by atoms with E-state index in [9.17, 15) is 34.0 Å². The van der Waals surface area contributed by atoms with Crippen LogP contribution in [0.3, 0.4) is 0 Å². The number of aryl methyl sites for hydroxylation is 1. The van der Waals surface area contributed by atoms with Crippen molar-refractivity contribution in [2.75, 3.05) is 24.2 Å². The van der Waals surface area contributed by atoms with Gasteiger partial charge in [0.05, 0.1) is 45.6 Å². The van der Waals surface area contributed by atoms with E-state index in [-0.39, 0.29) is 90.4 Å². The number of sulfone groups is 2. The van der Waals surface area contributed by atoms with Crippen molar-refractivity contribution in [3.63, 3.8) is 0 Å². The van der Waals surface area contributed by atoms with Gasteiger partial charge in [-0.25, -0.2) is 34.4 Å². The average Bonchev–Trinajstić information content (AvgIpc) is 3.30. The SMILES string of the molecule is C.Cc1ccc(S(=O)(=O)OC[C@@H]2CC[C@@]3(S(=O)(=O)c4ccc(Cl)cc4)c4c(F)ccc(F)c4OC[C@H]3C2)cc1.O=S(=O)(c1ccc(Cl)cc1)[C@@]12CC[C@@H](CI)C[C@@H]1COc1c(F)ccc(F)c12. The standard InChI is InChI=1S/C27H25ClF2O6S2.C20H18ClF2IO3S.CH4/c1-17-2-6-22(7-3-17)38(33,34)36-15-18-12-13-27(37(31,32)21-8-4-20(28)5-9-21)19(14-18)16-35-26-24(30)11-10-23(29)25(26)27;21-14-1-3-15(4-2-14)28(25,26)20-8-7-12(10-24)9-13(20)11-27-19-17(23)6-5-16(22)18(19)20;/h2-11,18-19H,12-16H2,1H3;1-6,12-13H,7-11H2;1H4/t18-,19-,27+;12-,13-,20+;/m11./s1. The third kappa shape index (κ3) is 9.12. The first kappa shape index (κ1) is 51.4. The van der Waals surface area contributed by atoms with E-state index in [4.69, 9.17) is 36.9 Å². The summed E-state index contributed by atoms with van der Waals surface area (Å²) in [5, 5.41) is 0.740. The van der Waals surface area contributed by atoms with Crippen LogP contribution < -0.4 is 9.47 Å². The van der Waals surface area contributed by atoms with Crippen molar-refractivity contribution >= 4 is 75.6 Å². The van der Waals surface area contributed by atoms with E-state index in [1.54, 1.807) is 12.1 Å². The summed E-state index contributed by atoms with van der Waals surface area (Å²) in [7, 11) is -12.3. The first-order valence-corrected chi connectivity index (χ1v) is 27.7. The van der Waals surface area contributed by atoms with Crippen LogP contribution in [0.15, 0.2) is 112 Å². The molecule has 9 rings (SSSR count). The maximum absolute atomic E-state index is 15.4. The van der Waals surface area contributed by atoms with Crippen LogP contribution in [-0.4, -0.2) is 49.5 Å². The molecule has 6 atom stereocenters. The number of hydrogen-bond acceptors (Lipinski definition) is 9. The molecular weight excluding hydrogens is 1090 g/mol. The van der Waals surface area contributed by atoms with Crippen molar-refractivity contribution in [3.8, 4) is 11.5 Å². The minimum atomic E-state index is -4.27. The Balaban J connectivity index is 0.000000205. The monoisotopic (exact) mass is 1140 g/mol. The van der Waals surface area contributed by atoms with Crippen molar-refractivity contribution in [2.45, 2.75) is 77.1 Å². The fourth-order valence-electron chi connectivity index (χ4n) is 10.1. The molecule has 0 saturated heterocycles. The number of ether oxygens (including phenoxy) is 2. The topological polar surface area (TPSA) is 130 Å². The van der Waals surface area contributed by atoms with Gasteiger partial charge in [0.15, 0.2) is 42.8 Å². The third-order valence-corrected chi connectivity index (χ3v) is 21.7. The maximum Gasteiger partial charge on any atom is 0.296 e. The summed E-state index contributed by atoms with van der Waals surface area (Å²) < 4.78 is 155. The smallest absolute Gasteiger partial charge is 0.296 e. The van der Waals surface area contributed by atoms with Crippen LogP contribution in [-0.2, 0) is 43.5 Å². The lowest BCUT2D eigenvalue weighted by Crippen LogP contribution is -2.52. The van der Waals surface area contributed by atoms with Crippen LogP contribution in [0.25, 0.3) is 0 Å². The summed E-state index contributed by atoms with van der Waals surface area (Å²) in [6.07, 6.45) is 1.76. The highest BCUT2D eigenvalue weighted by atomic mass is 127. The molecule has 2 saturated carbocycles. The Labute approximate surface area is 412 Å². The number of fused-ring (bicyclic) bond motifs is 6. The summed E-state index contributed by atoms with van der Waals surface area (Å²) >= 11 is 14.2. The van der Waals surface area contributed by atoms with Crippen LogP contribution in [0.2, 0.25) is 10.0 Å². The van der Waals surface area contributed by atoms with Crippen LogP contribution in [0.1, 0.15) is 62.6 Å². The molecular formula is C48H47Cl2F4IO9S3. The molecule has 67 heavy (non-hydrogen) atoms. The summed E-state index contributed by atoms with van der Waals surface area (Å²) in [5.41, 5.74) is 0.414. The van der Waals surface area contributed by atoms with Crippen molar-refractivity contribution in [1.82, 2.24) is 0 Å². The highest BCUT2D eigenvalue weighted by Gasteiger charge is 2.61. The fraction of sp³-hybridized carbons (Fsp3) is 0.375. The van der Waals surface area contributed by atoms with E-state index < -0.39 is 80.1 Å². The third-order valence-electron chi connectivity index (χ3n) is 13.4. The fourth-order valence-corrected chi connectivity index (χ4v) is 16.9. The van der Waals surface area contributed by atoms with Crippen LogP contribution in [0.4, 0.5) is 17.6 Å². The van der Waals surface area contributed by atoms with Crippen molar-refractivity contribution in [1.29, 1.82) is 0 Å². The molecule has 2 aliphatic carbocycles. The zero-order valence-electron chi connectivity index (χ0n) is 35.2. The van der Waals surface area contributed by atoms with Gasteiger partial charge in [-0.1, -0.05) is 70.9 Å². The highest BCUT2D eigenvalue weighted by molar-refractivity contribution is 14.1. The number of rotatable bonds is 9. The molecule has 360 valence electrons. The molecule has 4 aliphatic rings. The Kier molecular flexibility index (Phi) is 15.1. The van der Waals surface area contributed by atoms with Crippen molar-refractivity contribution in [3.05, 3.63) is 147 Å². The molecule has 0 radical (unpaired) electrons. The lowest BCUT2D eigenvalue weighted by atomic mass is 9.69. The summed E-state index contributed by atoms with van der Waals surface area (Å²) in [4.78, 5) is 0.0115. The average molecular weight is 1140 g/mol. The largest absolute Gasteiger partial charge is 0.490 e. The first-order valence-electron chi connectivity index (χ1n) is 21.0. The highest BCUT2D eigenvalue weighted by Crippen LogP contribution is 2.59. The van der Waals surface area contributed by atoms with Gasteiger partial charge in [-0.05, 0) is 142 Å². The zero-order chi connectivity index (χ0) is 47.4. The lowest BCUT2D eigenvalue weighted by molar-refractivity contribution is 0.0805. The second-order valence-corrected chi connectivity index (χ2v) is 24.9. The summed E-state index contributed by atoms with van der Waals surface area (Å²) in [5.74, 6) is -5.15. The van der Waals surface area contributed by atoms with Gasteiger partial charge >= 0.3 is 0 Å². The van der Waals surface area contributed by atoms with Crippen molar-refractivity contribution in [2.24, 2.45) is 23.7 Å². The molecule has 5 aromatic rings. The number of hydrogen-bond donors (Lipinski definition) is 0. The summed E-state index contributed by atoms with van der Waals surface area (Å²) in [6, 6.07) is 21.4. The van der Waals surface area contributed by atoms with Gasteiger partial charge in [0.25, 0.3) is 10.1 Å². The predicted molar refractivity (Wildman–Crippen MR) is 256 cm³/mol. The number of halogens is 7. The van der Waals surface area contributed by atoms with Gasteiger partial charge in [0, 0.05) is 26.3 Å². The number of benzene rings is 5. The summed E-state index contributed by atoms with van der Waals surface area (Å²) in [6.45, 7) is 1.53. The van der Waals surface area contributed by atoms with Gasteiger partial charge < -0.3 is 9.47 Å². The van der Waals surface area contributed by atoms with E-state index in [0.29, 0.717) is 28.8 Å². The molecule has 5 aromatic carbocycles. The Morgan fingerprint density at radius 1 is 0.597 bits per heavy atom. The quantitative estimate of drug-likeness (QED) is 0.0613. The molecule has 2 fully saturated rings. The lowest BCUT2D eigenvalue weighted by Gasteiger charge is -2.49. The zero-order valence-corrected chi connectivity index (χ0v) is 41.3. The minimum Gasteiger partial charge on any atom is -0.490 e. The van der Waals surface area contributed by atoms with Gasteiger partial charge in [-0.3, -0.25) is 4.18 Å². The van der Waals surface area contributed by atoms with Crippen LogP contribution in [0, 0.1) is 53.9 Å². The van der Waals surface area contributed by atoms with Gasteiger partial charge in [-0.15, -0.1) is 0 Å². The molecule has 0 N–H and O–H groups in total. The van der Waals surface area contributed by atoms with Crippen LogP contribution >= 0.6 is 45.8 Å². The Morgan fingerprint density at radius 2 is 0.985 bits per heavy atom. The molecule has 9 nitrogen and oxygen atoms in total. The Bertz CT molecular complexity index is 2990. The molecule has 0 amide bonds. The van der Waals surface area contributed by atoms with E-state index >= 15 is 8.78 Å². The van der Waals surface area contributed by atoms with Gasteiger partial charge in [0.2, 0.25) is 0 Å². The molecule has 19 heteroatoms. The molecule has 2 heterocycles. The van der Waals surface area contributed by atoms with E-state index in [0.717, 1.165) is 34.3 Å². The normalized spacial score (nSPS) is 24.4. The van der Waals surface area contributed by atoms with Crippen LogP contribution in [0.5, 0.6) is 11.5 Å². The molecule has 0 spiro atoms. The van der Waals surface area contributed by atoms with Gasteiger partial charge in [-0.2, -0.15) is 8.42 Å². The van der Waals surface area contributed by atoms with Crippen molar-refractivity contribution < 1.29 is 56.5 Å². The molecule has 0 unspecified atom stereocenters. The molecule has 2 aliphatic heterocycles. The van der Waals surface area contributed by atoms with Gasteiger partial charge in [0.1, 0.15) is 21.1 Å². The Hall–Kier alpha value is -3.46. The second kappa shape index (κ2) is 19.7.